The molecule has 9 nitrogen and oxygen atoms in total. The third-order valence-corrected chi connectivity index (χ3v) is 6.96. The van der Waals surface area contributed by atoms with Gasteiger partial charge in [-0.05, 0) is 35.9 Å². The van der Waals surface area contributed by atoms with Crippen molar-refractivity contribution in [3.63, 3.8) is 0 Å². The molecule has 0 spiro atoms. The zero-order chi connectivity index (χ0) is 23.3. The number of nitrogens with one attached hydrogen (secondary N) is 2. The van der Waals surface area contributed by atoms with Crippen LogP contribution in [0, 0.1) is 0 Å². The Balaban J connectivity index is 1.57. The zero-order valence-electron chi connectivity index (χ0n) is 16.5. The molecule has 1 heterocycles. The summed E-state index contributed by atoms with van der Waals surface area (Å²) in [5.74, 6) is -0.634. The number of primary amides is 1. The van der Waals surface area contributed by atoms with Crippen molar-refractivity contribution in [3.05, 3.63) is 65.1 Å². The van der Waals surface area contributed by atoms with E-state index in [0.29, 0.717) is 14.9 Å². The normalized spacial score (nSPS) is 15.1. The van der Waals surface area contributed by atoms with Gasteiger partial charge >= 0.3 is 6.03 Å². The monoisotopic (exact) mass is 490 g/mol. The van der Waals surface area contributed by atoms with Gasteiger partial charge in [-0.15, -0.1) is 0 Å². The number of hydrogen-bond donors (Lipinski definition) is 3. The Morgan fingerprint density at radius 3 is 2.38 bits per heavy atom. The van der Waals surface area contributed by atoms with Crippen LogP contribution in [0.5, 0.6) is 0 Å². The highest BCUT2D eigenvalue weighted by atomic mass is 32.2. The SMILES string of the molecule is NC(=O)NS(=O)(=O)c1ccc(NC(=O)CCN2C(=O)/C(=C/c3ccccc3)SC2=S)cc1. The lowest BCUT2D eigenvalue weighted by Gasteiger charge is -2.14. The van der Waals surface area contributed by atoms with Gasteiger partial charge in [-0.3, -0.25) is 14.5 Å². The molecule has 0 bridgehead atoms. The highest BCUT2D eigenvalue weighted by molar-refractivity contribution is 8.26. The van der Waals surface area contributed by atoms with Crippen molar-refractivity contribution in [1.29, 1.82) is 0 Å². The lowest BCUT2D eigenvalue weighted by Crippen LogP contribution is -2.34. The summed E-state index contributed by atoms with van der Waals surface area (Å²) in [6, 6.07) is 13.4. The van der Waals surface area contributed by atoms with Crippen LogP contribution >= 0.6 is 24.0 Å². The lowest BCUT2D eigenvalue weighted by atomic mass is 10.2. The molecule has 3 rings (SSSR count). The van der Waals surface area contributed by atoms with Gasteiger partial charge in [0.25, 0.3) is 15.9 Å². The highest BCUT2D eigenvalue weighted by Crippen LogP contribution is 2.32. The van der Waals surface area contributed by atoms with Gasteiger partial charge in [0, 0.05) is 18.7 Å². The molecule has 0 atom stereocenters. The second-order valence-corrected chi connectivity index (χ2v) is 9.89. The van der Waals surface area contributed by atoms with Gasteiger partial charge in [0.2, 0.25) is 5.91 Å². The first kappa shape index (κ1) is 23.4. The Bertz CT molecular complexity index is 1200. The summed E-state index contributed by atoms with van der Waals surface area (Å²) < 4.78 is 25.8. The Hall–Kier alpha value is -3.22. The van der Waals surface area contributed by atoms with Crippen LogP contribution in [-0.2, 0) is 19.6 Å². The van der Waals surface area contributed by atoms with E-state index >= 15 is 0 Å². The van der Waals surface area contributed by atoms with Crippen molar-refractivity contribution < 1.29 is 22.8 Å². The van der Waals surface area contributed by atoms with Crippen molar-refractivity contribution in [2.24, 2.45) is 5.73 Å². The van der Waals surface area contributed by atoms with E-state index in [1.165, 1.54) is 40.9 Å². The molecule has 0 aliphatic carbocycles. The minimum atomic E-state index is -4.07. The van der Waals surface area contributed by atoms with E-state index in [9.17, 15) is 22.8 Å². The second-order valence-electron chi connectivity index (χ2n) is 6.54. The number of nitrogens with two attached hydrogens (primary N) is 1. The van der Waals surface area contributed by atoms with Crippen LogP contribution in [0.15, 0.2) is 64.4 Å². The van der Waals surface area contributed by atoms with Crippen LogP contribution in [0.2, 0.25) is 0 Å². The summed E-state index contributed by atoms with van der Waals surface area (Å²) in [5.41, 5.74) is 6.06. The standard InChI is InChI=1S/C20H18N4O5S3/c21-19(27)23-32(28,29)15-8-6-14(7-9-15)22-17(25)10-11-24-18(26)16(31-20(24)30)12-13-4-2-1-3-5-13/h1-9,12H,10-11H2,(H,22,25)(H3,21,23,27)/b16-12-. The number of thioether (sulfide) groups is 1. The Labute approximate surface area is 194 Å². The van der Waals surface area contributed by atoms with E-state index in [4.69, 9.17) is 18.0 Å². The Morgan fingerprint density at radius 2 is 1.75 bits per heavy atom. The molecule has 2 aromatic carbocycles. The summed E-state index contributed by atoms with van der Waals surface area (Å²) in [5, 5.41) is 2.62. The minimum Gasteiger partial charge on any atom is -0.351 e. The summed E-state index contributed by atoms with van der Waals surface area (Å²) in [7, 11) is -4.07. The zero-order valence-corrected chi connectivity index (χ0v) is 18.9. The number of sulfonamides is 1. The first-order chi connectivity index (χ1) is 15.2. The smallest absolute Gasteiger partial charge is 0.326 e. The predicted octanol–water partition coefficient (Wildman–Crippen LogP) is 2.27. The first-order valence-corrected chi connectivity index (χ1v) is 11.9. The third-order valence-electron chi connectivity index (χ3n) is 4.22. The molecule has 0 saturated carbocycles. The molecule has 1 aliphatic heterocycles. The number of thiocarbonyl (C=S) groups is 1. The number of anilines is 1. The molecule has 32 heavy (non-hydrogen) atoms. The molecule has 0 unspecified atom stereocenters. The van der Waals surface area contributed by atoms with Crippen LogP contribution in [0.3, 0.4) is 0 Å². The molecule has 0 radical (unpaired) electrons. The molecule has 166 valence electrons. The maximum absolute atomic E-state index is 12.6. The fourth-order valence-corrected chi connectivity index (χ4v) is 4.92. The van der Waals surface area contributed by atoms with Gasteiger partial charge < -0.3 is 11.1 Å². The summed E-state index contributed by atoms with van der Waals surface area (Å²) in [6.45, 7) is 0.109. The van der Waals surface area contributed by atoms with Gasteiger partial charge in [-0.2, -0.15) is 0 Å². The molecule has 1 fully saturated rings. The minimum absolute atomic E-state index is 0.00562. The van der Waals surface area contributed by atoms with E-state index in [2.05, 4.69) is 5.32 Å². The number of urea groups is 1. The van der Waals surface area contributed by atoms with Crippen molar-refractivity contribution in [2.45, 2.75) is 11.3 Å². The number of rotatable bonds is 7. The molecule has 4 N–H and O–H groups in total. The molecule has 12 heteroatoms. The maximum Gasteiger partial charge on any atom is 0.326 e. The van der Waals surface area contributed by atoms with Gasteiger partial charge in [0.05, 0.1) is 9.80 Å². The fourth-order valence-electron chi connectivity index (χ4n) is 2.74. The molecule has 4 amide bonds. The van der Waals surface area contributed by atoms with E-state index < -0.39 is 16.1 Å². The van der Waals surface area contributed by atoms with Crippen molar-refractivity contribution >= 4 is 67.9 Å². The number of nitrogens with zero attached hydrogens (tertiary/aromatic N) is 1. The number of benzene rings is 2. The highest BCUT2D eigenvalue weighted by Gasteiger charge is 2.32. The van der Waals surface area contributed by atoms with E-state index in [1.54, 1.807) is 10.8 Å². The van der Waals surface area contributed by atoms with Crippen LogP contribution in [-0.4, -0.2) is 42.0 Å². The van der Waals surface area contributed by atoms with E-state index in [1.807, 2.05) is 30.3 Å². The predicted molar refractivity (Wildman–Crippen MR) is 126 cm³/mol. The van der Waals surface area contributed by atoms with Crippen LogP contribution in [0.4, 0.5) is 10.5 Å². The first-order valence-electron chi connectivity index (χ1n) is 9.18. The van der Waals surface area contributed by atoms with Crippen LogP contribution < -0.4 is 15.8 Å². The maximum atomic E-state index is 12.6. The molecule has 2 aromatic rings. The van der Waals surface area contributed by atoms with Crippen LogP contribution in [0.1, 0.15) is 12.0 Å². The van der Waals surface area contributed by atoms with Gasteiger partial charge in [0.15, 0.2) is 0 Å². The van der Waals surface area contributed by atoms with Gasteiger partial charge in [-0.25, -0.2) is 17.9 Å². The van der Waals surface area contributed by atoms with E-state index in [0.717, 1.165) is 5.56 Å². The van der Waals surface area contributed by atoms with Gasteiger partial charge in [-0.1, -0.05) is 54.3 Å². The lowest BCUT2D eigenvalue weighted by molar-refractivity contribution is -0.122. The number of amides is 4. The molecule has 1 aliphatic rings. The fraction of sp³-hybridized carbons (Fsp3) is 0.100. The largest absolute Gasteiger partial charge is 0.351 e. The number of carbonyl (C=O) groups excluding carboxylic acids is 3. The van der Waals surface area contributed by atoms with E-state index in [-0.39, 0.29) is 29.7 Å². The Kier molecular flexibility index (Phi) is 7.28. The number of hydrogen-bond acceptors (Lipinski definition) is 7. The number of carbonyl (C=O) groups is 3. The molecule has 1 saturated heterocycles. The third kappa shape index (κ3) is 5.93. The average molecular weight is 491 g/mol. The van der Waals surface area contributed by atoms with Crippen molar-refractivity contribution in [1.82, 2.24) is 9.62 Å². The van der Waals surface area contributed by atoms with Crippen LogP contribution in [0.25, 0.3) is 6.08 Å². The summed E-state index contributed by atoms with van der Waals surface area (Å²) >= 11 is 6.45. The summed E-state index contributed by atoms with van der Waals surface area (Å²) in [4.78, 5) is 37.4. The van der Waals surface area contributed by atoms with Crippen molar-refractivity contribution in [3.8, 4) is 0 Å². The molecule has 0 aromatic heterocycles. The summed E-state index contributed by atoms with van der Waals surface area (Å²) in [6.07, 6.45) is 1.75. The average Bonchev–Trinajstić information content (AvgIpc) is 2.99. The van der Waals surface area contributed by atoms with Gasteiger partial charge in [0.1, 0.15) is 4.32 Å². The second kappa shape index (κ2) is 9.94. The quantitative estimate of drug-likeness (QED) is 0.400. The molecular formula is C20H18N4O5S3. The van der Waals surface area contributed by atoms with Crippen molar-refractivity contribution in [2.75, 3.05) is 11.9 Å². The molecular weight excluding hydrogens is 472 g/mol. The topological polar surface area (TPSA) is 139 Å². The Morgan fingerprint density at radius 1 is 1.09 bits per heavy atom.